The van der Waals surface area contributed by atoms with Crippen LogP contribution in [0.25, 0.3) is 16.2 Å². The van der Waals surface area contributed by atoms with Gasteiger partial charge in [-0.25, -0.2) is 9.78 Å². The molecule has 27 heavy (non-hydrogen) atoms. The number of aromatic nitrogens is 2. The van der Waals surface area contributed by atoms with Gasteiger partial charge in [0.1, 0.15) is 6.04 Å². The van der Waals surface area contributed by atoms with Gasteiger partial charge in [0.2, 0.25) is 5.91 Å². The van der Waals surface area contributed by atoms with Crippen LogP contribution in [0.2, 0.25) is 0 Å². The molecule has 2 amide bonds. The van der Waals surface area contributed by atoms with Crippen molar-refractivity contribution in [3.8, 4) is 11.3 Å². The van der Waals surface area contributed by atoms with E-state index in [0.717, 1.165) is 16.2 Å². The zero-order valence-corrected chi connectivity index (χ0v) is 16.2. The molecule has 1 atom stereocenters. The van der Waals surface area contributed by atoms with Crippen molar-refractivity contribution >= 4 is 34.0 Å². The average Bonchev–Trinajstić information content (AvgIpc) is 3.22. The molecule has 8 heteroatoms. The molecule has 0 aliphatic carbocycles. The number of fused-ring (bicyclic) bond motifs is 1. The summed E-state index contributed by atoms with van der Waals surface area (Å²) in [5.74, 6) is -0.361. The Morgan fingerprint density at radius 2 is 2.00 bits per heavy atom. The Labute approximate surface area is 161 Å². The number of thiazole rings is 1. The summed E-state index contributed by atoms with van der Waals surface area (Å²) in [4.78, 5) is 29.7. The Morgan fingerprint density at radius 1 is 1.26 bits per heavy atom. The van der Waals surface area contributed by atoms with E-state index >= 15 is 0 Å². The number of amides is 2. The molecular weight excluding hydrogens is 364 g/mol. The van der Waals surface area contributed by atoms with Crippen molar-refractivity contribution in [3.63, 3.8) is 0 Å². The van der Waals surface area contributed by atoms with Crippen LogP contribution in [0.1, 0.15) is 20.8 Å². The van der Waals surface area contributed by atoms with E-state index in [9.17, 15) is 9.59 Å². The first-order chi connectivity index (χ1) is 13.0. The van der Waals surface area contributed by atoms with Crippen molar-refractivity contribution in [1.29, 1.82) is 0 Å². The number of carbonyl (C=O) groups excluding carboxylic acids is 2. The van der Waals surface area contributed by atoms with E-state index in [4.69, 9.17) is 4.74 Å². The van der Waals surface area contributed by atoms with Gasteiger partial charge >= 0.3 is 6.09 Å². The second-order valence-electron chi connectivity index (χ2n) is 6.37. The molecule has 2 aromatic heterocycles. The number of nitrogens with zero attached hydrogens (tertiary/aromatic N) is 2. The molecule has 0 saturated carbocycles. The van der Waals surface area contributed by atoms with E-state index in [1.54, 1.807) is 18.3 Å². The van der Waals surface area contributed by atoms with Gasteiger partial charge < -0.3 is 15.4 Å². The quantitative estimate of drug-likeness (QED) is 0.675. The van der Waals surface area contributed by atoms with Crippen LogP contribution < -0.4 is 10.6 Å². The third-order valence-electron chi connectivity index (χ3n) is 4.04. The minimum atomic E-state index is -0.677. The first-order valence-electron chi connectivity index (χ1n) is 8.74. The van der Waals surface area contributed by atoms with E-state index in [0.29, 0.717) is 5.69 Å². The highest BCUT2D eigenvalue weighted by atomic mass is 32.1. The van der Waals surface area contributed by atoms with E-state index in [1.165, 1.54) is 0 Å². The topological polar surface area (TPSA) is 84.7 Å². The molecule has 2 heterocycles. The lowest BCUT2D eigenvalue weighted by Crippen LogP contribution is -2.47. The summed E-state index contributed by atoms with van der Waals surface area (Å²) >= 11 is 1.58. The molecule has 0 fully saturated rings. The third kappa shape index (κ3) is 4.46. The van der Waals surface area contributed by atoms with Gasteiger partial charge in [0.15, 0.2) is 4.96 Å². The molecule has 0 saturated heterocycles. The van der Waals surface area contributed by atoms with Gasteiger partial charge in [-0.15, -0.1) is 11.3 Å². The monoisotopic (exact) mass is 386 g/mol. The highest BCUT2D eigenvalue weighted by Crippen LogP contribution is 2.23. The van der Waals surface area contributed by atoms with Gasteiger partial charge in [0.25, 0.3) is 0 Å². The Morgan fingerprint density at radius 3 is 2.63 bits per heavy atom. The Balaban J connectivity index is 1.68. The zero-order valence-electron chi connectivity index (χ0n) is 15.4. The van der Waals surface area contributed by atoms with Crippen LogP contribution in [0.5, 0.6) is 0 Å². The Hall–Kier alpha value is -2.87. The van der Waals surface area contributed by atoms with E-state index in [2.05, 4.69) is 15.6 Å². The number of anilines is 1. The van der Waals surface area contributed by atoms with Crippen LogP contribution in [0.3, 0.4) is 0 Å². The fourth-order valence-electron chi connectivity index (χ4n) is 2.65. The summed E-state index contributed by atoms with van der Waals surface area (Å²) in [5, 5.41) is 7.43. The second kappa shape index (κ2) is 8.22. The van der Waals surface area contributed by atoms with Crippen molar-refractivity contribution in [2.45, 2.75) is 26.8 Å². The van der Waals surface area contributed by atoms with Gasteiger partial charge in [-0.2, -0.15) is 0 Å². The van der Waals surface area contributed by atoms with Crippen LogP contribution in [0, 0.1) is 5.92 Å². The van der Waals surface area contributed by atoms with Crippen LogP contribution in [0.15, 0.2) is 42.0 Å². The maximum atomic E-state index is 12.5. The fraction of sp³-hybridized carbons (Fsp3) is 0.316. The van der Waals surface area contributed by atoms with Crippen molar-refractivity contribution in [2.75, 3.05) is 11.9 Å². The van der Waals surface area contributed by atoms with Gasteiger partial charge in [-0.1, -0.05) is 26.0 Å². The standard InChI is InChI=1S/C19H22N4O3S/c1-4-26-19(25)22-16(12(2)3)17(24)20-14-7-5-13(6-8-14)15-11-23-9-10-27-18(23)21-15/h5-12,16H,4H2,1-3H3,(H,20,24)(H,22,25). The van der Waals surface area contributed by atoms with Crippen molar-refractivity contribution < 1.29 is 14.3 Å². The second-order valence-corrected chi connectivity index (χ2v) is 7.25. The SMILES string of the molecule is CCOC(=O)NC(C(=O)Nc1ccc(-c2cn3ccsc3n2)cc1)C(C)C. The molecule has 3 aromatic rings. The first-order valence-corrected chi connectivity index (χ1v) is 9.62. The third-order valence-corrected chi connectivity index (χ3v) is 4.81. The molecule has 0 spiro atoms. The summed E-state index contributed by atoms with van der Waals surface area (Å²) in [6.45, 7) is 5.70. The minimum absolute atomic E-state index is 0.0767. The predicted molar refractivity (Wildman–Crippen MR) is 106 cm³/mol. The van der Waals surface area contributed by atoms with Crippen molar-refractivity contribution in [3.05, 3.63) is 42.0 Å². The highest BCUT2D eigenvalue weighted by Gasteiger charge is 2.24. The summed E-state index contributed by atoms with van der Waals surface area (Å²) < 4.78 is 6.84. The number of alkyl carbamates (subject to hydrolysis) is 1. The van der Waals surface area contributed by atoms with E-state index in [-0.39, 0.29) is 18.4 Å². The van der Waals surface area contributed by atoms with E-state index < -0.39 is 12.1 Å². The first kappa shape index (κ1) is 18.9. The number of nitrogens with one attached hydrogen (secondary N) is 2. The number of imidazole rings is 1. The molecule has 142 valence electrons. The predicted octanol–water partition coefficient (Wildman–Crippen LogP) is 3.77. The lowest BCUT2D eigenvalue weighted by molar-refractivity contribution is -0.119. The minimum Gasteiger partial charge on any atom is -0.450 e. The van der Waals surface area contributed by atoms with Crippen LogP contribution in [0.4, 0.5) is 10.5 Å². The molecule has 0 radical (unpaired) electrons. The smallest absolute Gasteiger partial charge is 0.407 e. The molecule has 0 aliphatic heterocycles. The number of rotatable bonds is 6. The number of benzene rings is 1. The molecular formula is C19H22N4O3S. The maximum Gasteiger partial charge on any atom is 0.407 e. The number of hydrogen-bond donors (Lipinski definition) is 2. The van der Waals surface area contributed by atoms with Crippen LogP contribution in [-0.4, -0.2) is 34.0 Å². The molecule has 7 nitrogen and oxygen atoms in total. The van der Waals surface area contributed by atoms with Gasteiger partial charge in [-0.3, -0.25) is 9.20 Å². The summed E-state index contributed by atoms with van der Waals surface area (Å²) in [7, 11) is 0. The maximum absolute atomic E-state index is 12.5. The molecule has 0 aliphatic rings. The average molecular weight is 386 g/mol. The van der Waals surface area contributed by atoms with Crippen LogP contribution in [-0.2, 0) is 9.53 Å². The summed E-state index contributed by atoms with van der Waals surface area (Å²) in [5.41, 5.74) is 2.50. The van der Waals surface area contributed by atoms with E-state index in [1.807, 2.05) is 60.3 Å². The molecule has 2 N–H and O–H groups in total. The fourth-order valence-corrected chi connectivity index (χ4v) is 3.35. The molecule has 1 aromatic carbocycles. The number of ether oxygens (including phenoxy) is 1. The number of carbonyl (C=O) groups is 2. The highest BCUT2D eigenvalue weighted by molar-refractivity contribution is 7.15. The summed E-state index contributed by atoms with van der Waals surface area (Å²) in [6.07, 6.45) is 3.34. The lowest BCUT2D eigenvalue weighted by Gasteiger charge is -2.21. The van der Waals surface area contributed by atoms with Crippen LogP contribution >= 0.6 is 11.3 Å². The van der Waals surface area contributed by atoms with Gasteiger partial charge in [-0.05, 0) is 25.0 Å². The molecule has 1 unspecified atom stereocenters. The Kier molecular flexibility index (Phi) is 5.75. The van der Waals surface area contributed by atoms with Crippen molar-refractivity contribution in [2.24, 2.45) is 5.92 Å². The lowest BCUT2D eigenvalue weighted by atomic mass is 10.0. The number of hydrogen-bond acceptors (Lipinski definition) is 5. The van der Waals surface area contributed by atoms with Gasteiger partial charge in [0, 0.05) is 29.0 Å². The molecule has 3 rings (SSSR count). The normalized spacial score (nSPS) is 12.1. The summed E-state index contributed by atoms with van der Waals surface area (Å²) in [6, 6.07) is 6.78. The molecule has 0 bridgehead atoms. The zero-order chi connectivity index (χ0) is 19.4. The van der Waals surface area contributed by atoms with Crippen molar-refractivity contribution in [1.82, 2.24) is 14.7 Å². The van der Waals surface area contributed by atoms with Gasteiger partial charge in [0.05, 0.1) is 12.3 Å². The largest absolute Gasteiger partial charge is 0.450 e. The Bertz CT molecular complexity index is 901.